The van der Waals surface area contributed by atoms with Crippen LogP contribution in [0.2, 0.25) is 0 Å². The normalized spacial score (nSPS) is 23.1. The lowest BCUT2D eigenvalue weighted by molar-refractivity contribution is 0.331. The van der Waals surface area contributed by atoms with E-state index in [1.807, 2.05) is 0 Å². The summed E-state index contributed by atoms with van der Waals surface area (Å²) in [7, 11) is 4.30. The van der Waals surface area contributed by atoms with Gasteiger partial charge in [-0.15, -0.1) is 0 Å². The van der Waals surface area contributed by atoms with Crippen LogP contribution in [0.1, 0.15) is 33.6 Å². The molecule has 1 fully saturated rings. The Labute approximate surface area is 83.9 Å². The predicted molar refractivity (Wildman–Crippen MR) is 60.2 cm³/mol. The fourth-order valence-electron chi connectivity index (χ4n) is 1.30. The molecule has 1 aliphatic heterocycles. The second kappa shape index (κ2) is 7.34. The van der Waals surface area contributed by atoms with E-state index in [0.717, 1.165) is 19.1 Å². The Morgan fingerprint density at radius 3 is 1.92 bits per heavy atom. The van der Waals surface area contributed by atoms with E-state index in [1.165, 1.54) is 19.4 Å². The van der Waals surface area contributed by atoms with Gasteiger partial charge in [-0.2, -0.15) is 0 Å². The lowest BCUT2D eigenvalue weighted by Crippen LogP contribution is -2.20. The van der Waals surface area contributed by atoms with Crippen LogP contribution in [0.4, 0.5) is 0 Å². The standard InChI is InChI=1S/C6H13N.C5H13N/c1-6-4-3-5-7(6)2;1-4-6(3)5-2/h6H,3-5H2,1-2H3;4-5H2,1-3H3/t6-;/m1./s1. The highest BCUT2D eigenvalue weighted by Gasteiger charge is 2.14. The molecule has 1 rings (SSSR count). The van der Waals surface area contributed by atoms with Gasteiger partial charge in [0.1, 0.15) is 0 Å². The fraction of sp³-hybridized carbons (Fsp3) is 1.00. The average Bonchev–Trinajstić information content (AvgIpc) is 2.51. The molecular formula is C11H26N2. The maximum Gasteiger partial charge on any atom is 0.00643 e. The molecule has 0 radical (unpaired) electrons. The molecule has 0 aliphatic carbocycles. The Morgan fingerprint density at radius 1 is 1.31 bits per heavy atom. The molecular weight excluding hydrogens is 160 g/mol. The summed E-state index contributed by atoms with van der Waals surface area (Å²) in [5, 5.41) is 0. The fourth-order valence-corrected chi connectivity index (χ4v) is 1.30. The smallest absolute Gasteiger partial charge is 0.00643 e. The van der Waals surface area contributed by atoms with E-state index in [4.69, 9.17) is 0 Å². The zero-order valence-electron chi connectivity index (χ0n) is 10.0. The first-order valence-corrected chi connectivity index (χ1v) is 5.50. The molecule has 0 bridgehead atoms. The summed E-state index contributed by atoms with van der Waals surface area (Å²) in [6.45, 7) is 10.2. The van der Waals surface area contributed by atoms with Gasteiger partial charge in [-0.05, 0) is 53.5 Å². The van der Waals surface area contributed by atoms with Crippen LogP contribution in [0.5, 0.6) is 0 Å². The van der Waals surface area contributed by atoms with E-state index in [2.05, 4.69) is 44.7 Å². The maximum atomic E-state index is 2.40. The van der Waals surface area contributed by atoms with E-state index < -0.39 is 0 Å². The molecule has 1 heterocycles. The largest absolute Gasteiger partial charge is 0.307 e. The minimum absolute atomic E-state index is 0.847. The van der Waals surface area contributed by atoms with Crippen LogP contribution in [0, 0.1) is 0 Å². The van der Waals surface area contributed by atoms with Crippen molar-refractivity contribution in [2.45, 2.75) is 39.7 Å². The van der Waals surface area contributed by atoms with Gasteiger partial charge < -0.3 is 9.80 Å². The lowest BCUT2D eigenvalue weighted by atomic mass is 10.3. The van der Waals surface area contributed by atoms with Gasteiger partial charge in [0.2, 0.25) is 0 Å². The van der Waals surface area contributed by atoms with Gasteiger partial charge in [-0.1, -0.05) is 13.8 Å². The molecule has 0 amide bonds. The van der Waals surface area contributed by atoms with Crippen molar-refractivity contribution in [1.82, 2.24) is 9.80 Å². The van der Waals surface area contributed by atoms with Crippen molar-refractivity contribution < 1.29 is 0 Å². The van der Waals surface area contributed by atoms with Crippen molar-refractivity contribution in [3.63, 3.8) is 0 Å². The van der Waals surface area contributed by atoms with Crippen LogP contribution < -0.4 is 0 Å². The number of likely N-dealkylation sites (tertiary alicyclic amines) is 1. The molecule has 0 spiro atoms. The molecule has 80 valence electrons. The molecule has 0 N–H and O–H groups in total. The number of hydrogen-bond acceptors (Lipinski definition) is 2. The molecule has 0 aromatic heterocycles. The summed E-state index contributed by atoms with van der Waals surface area (Å²) in [5.74, 6) is 0. The molecule has 13 heavy (non-hydrogen) atoms. The van der Waals surface area contributed by atoms with Gasteiger partial charge in [-0.25, -0.2) is 0 Å². The lowest BCUT2D eigenvalue weighted by Gasteiger charge is -2.12. The van der Waals surface area contributed by atoms with E-state index in [-0.39, 0.29) is 0 Å². The zero-order valence-corrected chi connectivity index (χ0v) is 10.0. The summed E-state index contributed by atoms with van der Waals surface area (Å²) >= 11 is 0. The second-order valence-corrected chi connectivity index (χ2v) is 3.96. The molecule has 2 heteroatoms. The monoisotopic (exact) mass is 186 g/mol. The van der Waals surface area contributed by atoms with Crippen LogP contribution in [0.25, 0.3) is 0 Å². The quantitative estimate of drug-likeness (QED) is 0.651. The summed E-state index contributed by atoms with van der Waals surface area (Å²) in [6.07, 6.45) is 2.80. The highest BCUT2D eigenvalue weighted by molar-refractivity contribution is 4.70. The van der Waals surface area contributed by atoms with Crippen molar-refractivity contribution >= 4 is 0 Å². The SMILES string of the molecule is CCN(C)CC.C[C@@H]1CCCN1C. The molecule has 1 aliphatic rings. The van der Waals surface area contributed by atoms with Crippen molar-refractivity contribution in [1.29, 1.82) is 0 Å². The van der Waals surface area contributed by atoms with Crippen molar-refractivity contribution in [2.24, 2.45) is 0 Å². The predicted octanol–water partition coefficient (Wildman–Crippen LogP) is 2.06. The van der Waals surface area contributed by atoms with Crippen LogP contribution in [0.15, 0.2) is 0 Å². The van der Waals surface area contributed by atoms with Crippen LogP contribution in [-0.4, -0.2) is 49.6 Å². The summed E-state index contributed by atoms with van der Waals surface area (Å²) in [5.41, 5.74) is 0. The Kier molecular flexibility index (Phi) is 7.29. The Morgan fingerprint density at radius 2 is 1.85 bits per heavy atom. The van der Waals surface area contributed by atoms with Crippen LogP contribution >= 0.6 is 0 Å². The van der Waals surface area contributed by atoms with E-state index in [1.54, 1.807) is 0 Å². The molecule has 1 saturated heterocycles. The summed E-state index contributed by atoms with van der Waals surface area (Å²) < 4.78 is 0. The molecule has 0 aromatic rings. The van der Waals surface area contributed by atoms with Gasteiger partial charge in [0.15, 0.2) is 0 Å². The first kappa shape index (κ1) is 12.9. The first-order valence-electron chi connectivity index (χ1n) is 5.50. The van der Waals surface area contributed by atoms with Crippen LogP contribution in [0.3, 0.4) is 0 Å². The molecule has 0 saturated carbocycles. The third-order valence-corrected chi connectivity index (χ3v) is 2.96. The van der Waals surface area contributed by atoms with Gasteiger partial charge in [0, 0.05) is 6.04 Å². The van der Waals surface area contributed by atoms with Crippen molar-refractivity contribution in [3.8, 4) is 0 Å². The van der Waals surface area contributed by atoms with Crippen molar-refractivity contribution in [3.05, 3.63) is 0 Å². The maximum absolute atomic E-state index is 2.40. The third kappa shape index (κ3) is 6.05. The summed E-state index contributed by atoms with van der Waals surface area (Å²) in [6, 6.07) is 0.847. The first-order chi connectivity index (χ1) is 6.11. The number of rotatable bonds is 2. The molecule has 1 atom stereocenters. The van der Waals surface area contributed by atoms with Crippen LogP contribution in [-0.2, 0) is 0 Å². The molecule has 0 unspecified atom stereocenters. The third-order valence-electron chi connectivity index (χ3n) is 2.96. The van der Waals surface area contributed by atoms with Gasteiger partial charge >= 0.3 is 0 Å². The minimum Gasteiger partial charge on any atom is -0.307 e. The summed E-state index contributed by atoms with van der Waals surface area (Å²) in [4.78, 5) is 4.65. The number of nitrogens with zero attached hydrogens (tertiary/aromatic N) is 2. The minimum atomic E-state index is 0.847. The van der Waals surface area contributed by atoms with Crippen molar-refractivity contribution in [2.75, 3.05) is 33.7 Å². The second-order valence-electron chi connectivity index (χ2n) is 3.96. The number of hydrogen-bond donors (Lipinski definition) is 0. The Hall–Kier alpha value is -0.0800. The zero-order chi connectivity index (χ0) is 10.3. The van der Waals surface area contributed by atoms with Gasteiger partial charge in [0.05, 0.1) is 0 Å². The highest BCUT2D eigenvalue weighted by Crippen LogP contribution is 2.12. The molecule has 2 nitrogen and oxygen atoms in total. The van der Waals surface area contributed by atoms with Gasteiger partial charge in [0.25, 0.3) is 0 Å². The average molecular weight is 186 g/mol. The van der Waals surface area contributed by atoms with Gasteiger partial charge in [-0.3, -0.25) is 0 Å². The highest BCUT2D eigenvalue weighted by atomic mass is 15.1. The Balaban J connectivity index is 0.000000226. The van der Waals surface area contributed by atoms with E-state index in [9.17, 15) is 0 Å². The topological polar surface area (TPSA) is 6.48 Å². The van der Waals surface area contributed by atoms with E-state index >= 15 is 0 Å². The Bertz CT molecular complexity index is 103. The molecule has 0 aromatic carbocycles. The van der Waals surface area contributed by atoms with E-state index in [0.29, 0.717) is 0 Å².